The second kappa shape index (κ2) is 6.45. The number of hydrogen-bond acceptors (Lipinski definition) is 4. The third-order valence-corrected chi connectivity index (χ3v) is 5.29. The van der Waals surface area contributed by atoms with E-state index in [9.17, 15) is 0 Å². The molecule has 0 atom stereocenters. The van der Waals surface area contributed by atoms with Crippen molar-refractivity contribution < 1.29 is 0 Å². The maximum atomic E-state index is 4.32. The van der Waals surface area contributed by atoms with Crippen molar-refractivity contribution >= 4 is 23.1 Å². The van der Waals surface area contributed by atoms with Crippen molar-refractivity contribution in [3.63, 3.8) is 0 Å². The van der Waals surface area contributed by atoms with Crippen LogP contribution in [0.15, 0.2) is 46.9 Å². The van der Waals surface area contributed by atoms with E-state index in [1.54, 1.807) is 23.1 Å². The Bertz CT molecular complexity index is 700. The van der Waals surface area contributed by atoms with Gasteiger partial charge in [-0.25, -0.2) is 0 Å². The van der Waals surface area contributed by atoms with Crippen molar-refractivity contribution in [2.75, 3.05) is 0 Å². The molecule has 0 aliphatic heterocycles. The van der Waals surface area contributed by atoms with E-state index in [4.69, 9.17) is 0 Å². The predicted molar refractivity (Wildman–Crippen MR) is 88.9 cm³/mol. The molecule has 0 radical (unpaired) electrons. The van der Waals surface area contributed by atoms with E-state index in [2.05, 4.69) is 63.5 Å². The van der Waals surface area contributed by atoms with Gasteiger partial charge in [0, 0.05) is 24.1 Å². The highest BCUT2D eigenvalue weighted by Gasteiger charge is 2.10. The fourth-order valence-corrected chi connectivity index (χ4v) is 3.61. The molecule has 3 aromatic rings. The van der Waals surface area contributed by atoms with Gasteiger partial charge in [0.25, 0.3) is 0 Å². The van der Waals surface area contributed by atoms with Gasteiger partial charge in [-0.2, -0.15) is 0 Å². The van der Waals surface area contributed by atoms with Crippen LogP contribution in [0.2, 0.25) is 0 Å². The van der Waals surface area contributed by atoms with Gasteiger partial charge in [0.2, 0.25) is 0 Å². The summed E-state index contributed by atoms with van der Waals surface area (Å²) in [5, 5.41) is 11.7. The van der Waals surface area contributed by atoms with Crippen LogP contribution in [-0.2, 0) is 19.2 Å². The Hall–Kier alpha value is -1.59. The van der Waals surface area contributed by atoms with Gasteiger partial charge in [-0.15, -0.1) is 21.5 Å². The number of aryl methyl sites for hydroxylation is 1. The first kappa shape index (κ1) is 14.4. The second-order valence-corrected chi connectivity index (χ2v) is 6.96. The molecule has 3 nitrogen and oxygen atoms in total. The Morgan fingerprint density at radius 2 is 1.95 bits per heavy atom. The summed E-state index contributed by atoms with van der Waals surface area (Å²) in [4.78, 5) is 1.32. The van der Waals surface area contributed by atoms with Crippen LogP contribution in [0, 0.1) is 6.92 Å². The third kappa shape index (κ3) is 3.54. The molecule has 0 aliphatic carbocycles. The van der Waals surface area contributed by atoms with Crippen LogP contribution in [-0.4, -0.2) is 14.8 Å². The van der Waals surface area contributed by atoms with E-state index >= 15 is 0 Å². The van der Waals surface area contributed by atoms with Crippen molar-refractivity contribution in [1.82, 2.24) is 14.8 Å². The first-order valence-corrected chi connectivity index (χ1v) is 8.68. The second-order valence-electron chi connectivity index (χ2n) is 4.99. The van der Waals surface area contributed by atoms with Crippen LogP contribution < -0.4 is 0 Å². The molecule has 108 valence electrons. The predicted octanol–water partition coefficient (Wildman–Crippen LogP) is 4.07. The lowest BCUT2D eigenvalue weighted by Crippen LogP contribution is -1.99. The van der Waals surface area contributed by atoms with E-state index in [1.165, 1.54) is 16.0 Å². The number of rotatable bonds is 5. The topological polar surface area (TPSA) is 30.7 Å². The van der Waals surface area contributed by atoms with Crippen molar-refractivity contribution in [1.29, 1.82) is 0 Å². The zero-order valence-electron chi connectivity index (χ0n) is 12.1. The Morgan fingerprint density at radius 3 is 2.67 bits per heavy atom. The summed E-state index contributed by atoms with van der Waals surface area (Å²) in [6.07, 6.45) is 0.853. The van der Waals surface area contributed by atoms with Gasteiger partial charge in [0.15, 0.2) is 5.16 Å². The highest BCUT2D eigenvalue weighted by molar-refractivity contribution is 7.98. The average Bonchev–Trinajstić information content (AvgIpc) is 3.11. The number of benzene rings is 1. The fourth-order valence-electron chi connectivity index (χ4n) is 2.03. The zero-order valence-corrected chi connectivity index (χ0v) is 13.7. The van der Waals surface area contributed by atoms with E-state index in [1.807, 2.05) is 7.05 Å². The standard InChI is InChI=1S/C16H17N3S2/c1-12-5-7-13(8-6-12)11-21-16-18-17-15(19(16)2)10-14-4-3-9-20-14/h3-9H,10-11H2,1-2H3. The molecule has 0 spiro atoms. The van der Waals surface area contributed by atoms with E-state index in [-0.39, 0.29) is 0 Å². The van der Waals surface area contributed by atoms with Gasteiger partial charge in [0.05, 0.1) is 0 Å². The number of thiophene rings is 1. The quantitative estimate of drug-likeness (QED) is 0.665. The van der Waals surface area contributed by atoms with Gasteiger partial charge in [-0.05, 0) is 23.9 Å². The zero-order chi connectivity index (χ0) is 14.7. The lowest BCUT2D eigenvalue weighted by atomic mass is 10.2. The highest BCUT2D eigenvalue weighted by Crippen LogP contribution is 2.22. The molecule has 0 unspecified atom stereocenters. The van der Waals surface area contributed by atoms with Gasteiger partial charge in [-0.1, -0.05) is 47.7 Å². The monoisotopic (exact) mass is 315 g/mol. The molecular weight excluding hydrogens is 298 g/mol. The fraction of sp³-hybridized carbons (Fsp3) is 0.250. The summed E-state index contributed by atoms with van der Waals surface area (Å²) < 4.78 is 2.10. The molecule has 0 amide bonds. The van der Waals surface area contributed by atoms with Crippen LogP contribution in [0.1, 0.15) is 21.8 Å². The lowest BCUT2D eigenvalue weighted by Gasteiger charge is -2.04. The van der Waals surface area contributed by atoms with Crippen LogP contribution >= 0.6 is 23.1 Å². The molecule has 21 heavy (non-hydrogen) atoms. The maximum absolute atomic E-state index is 4.32. The minimum atomic E-state index is 0.853. The SMILES string of the molecule is Cc1ccc(CSc2nnc(Cc3cccs3)n2C)cc1. The molecule has 1 aromatic carbocycles. The smallest absolute Gasteiger partial charge is 0.191 e. The molecular formula is C16H17N3S2. The Morgan fingerprint density at radius 1 is 1.14 bits per heavy atom. The van der Waals surface area contributed by atoms with Crippen molar-refractivity contribution in [3.05, 3.63) is 63.6 Å². The van der Waals surface area contributed by atoms with E-state index in [0.717, 1.165) is 23.2 Å². The third-order valence-electron chi connectivity index (χ3n) is 3.33. The number of nitrogens with zero attached hydrogens (tertiary/aromatic N) is 3. The van der Waals surface area contributed by atoms with Gasteiger partial charge < -0.3 is 4.57 Å². The normalized spacial score (nSPS) is 11.0. The molecule has 0 aliphatic rings. The lowest BCUT2D eigenvalue weighted by molar-refractivity contribution is 0.751. The minimum absolute atomic E-state index is 0.853. The molecule has 0 N–H and O–H groups in total. The maximum Gasteiger partial charge on any atom is 0.191 e. The number of aromatic nitrogens is 3. The Labute approximate surface area is 133 Å². The first-order valence-electron chi connectivity index (χ1n) is 6.81. The van der Waals surface area contributed by atoms with E-state index in [0.29, 0.717) is 0 Å². The summed E-state index contributed by atoms with van der Waals surface area (Å²) >= 11 is 3.49. The number of hydrogen-bond donors (Lipinski definition) is 0. The molecule has 0 fully saturated rings. The first-order chi connectivity index (χ1) is 10.2. The van der Waals surface area contributed by atoms with Gasteiger partial charge >= 0.3 is 0 Å². The molecule has 0 bridgehead atoms. The molecule has 0 saturated carbocycles. The van der Waals surface area contributed by atoms with Crippen LogP contribution in [0.5, 0.6) is 0 Å². The van der Waals surface area contributed by atoms with Crippen molar-refractivity contribution in [2.45, 2.75) is 24.3 Å². The summed E-state index contributed by atoms with van der Waals surface area (Å²) in [5.41, 5.74) is 2.61. The highest BCUT2D eigenvalue weighted by atomic mass is 32.2. The molecule has 2 heterocycles. The van der Waals surface area contributed by atoms with Gasteiger partial charge in [-0.3, -0.25) is 0 Å². The van der Waals surface area contributed by atoms with Crippen LogP contribution in [0.25, 0.3) is 0 Å². The summed E-state index contributed by atoms with van der Waals surface area (Å²) in [5.74, 6) is 1.94. The van der Waals surface area contributed by atoms with Crippen molar-refractivity contribution in [3.8, 4) is 0 Å². The number of thioether (sulfide) groups is 1. The van der Waals surface area contributed by atoms with Crippen LogP contribution in [0.4, 0.5) is 0 Å². The molecule has 0 saturated heterocycles. The summed E-state index contributed by atoms with van der Waals surface area (Å²) in [6.45, 7) is 2.11. The molecule has 3 rings (SSSR count). The Kier molecular flexibility index (Phi) is 4.41. The Balaban J connectivity index is 1.66. The van der Waals surface area contributed by atoms with Crippen LogP contribution in [0.3, 0.4) is 0 Å². The van der Waals surface area contributed by atoms with E-state index < -0.39 is 0 Å². The molecule has 5 heteroatoms. The van der Waals surface area contributed by atoms with Gasteiger partial charge in [0.1, 0.15) is 5.82 Å². The largest absolute Gasteiger partial charge is 0.309 e. The summed E-state index contributed by atoms with van der Waals surface area (Å²) in [7, 11) is 2.04. The minimum Gasteiger partial charge on any atom is -0.309 e. The summed E-state index contributed by atoms with van der Waals surface area (Å²) in [6, 6.07) is 12.8. The molecule has 2 aromatic heterocycles. The van der Waals surface area contributed by atoms with Crippen molar-refractivity contribution in [2.24, 2.45) is 7.05 Å². The average molecular weight is 315 g/mol.